The maximum atomic E-state index is 13.0. The first-order valence-corrected chi connectivity index (χ1v) is 28.2. The molecule has 0 spiro atoms. The number of carbonyl (C=O) groups is 2. The van der Waals surface area contributed by atoms with E-state index in [0.29, 0.717) is 19.3 Å². The fraction of sp³-hybridized carbons (Fsp3) is 0.585. The van der Waals surface area contributed by atoms with Gasteiger partial charge < -0.3 is 49.7 Å². The third-order valence-electron chi connectivity index (χ3n) is 10.6. The van der Waals surface area contributed by atoms with Crippen molar-refractivity contribution in [3.8, 4) is 0 Å². The number of hydrogen-bond acceptors (Lipinski definition) is 14. The first-order valence-electron chi connectivity index (χ1n) is 25.2. The van der Waals surface area contributed by atoms with Crippen LogP contribution in [0.1, 0.15) is 136 Å². The van der Waals surface area contributed by atoms with Gasteiger partial charge in [0.25, 0.3) is 0 Å². The van der Waals surface area contributed by atoms with Gasteiger partial charge in [0, 0.05) is 12.8 Å². The Morgan fingerprint density at radius 2 is 1.01 bits per heavy atom. The van der Waals surface area contributed by atoms with Crippen LogP contribution in [0.25, 0.3) is 0 Å². The summed E-state index contributed by atoms with van der Waals surface area (Å²) >= 11 is 0. The molecule has 17 nitrogen and oxygen atoms in total. The molecule has 1 saturated carbocycles. The van der Waals surface area contributed by atoms with Crippen molar-refractivity contribution in [2.75, 3.05) is 13.2 Å². The lowest BCUT2D eigenvalue weighted by Gasteiger charge is -2.43. The molecule has 0 aromatic carbocycles. The predicted octanol–water partition coefficient (Wildman–Crippen LogP) is 9.25. The molecule has 8 N–H and O–H groups in total. The first kappa shape index (κ1) is 66.4. The van der Waals surface area contributed by atoms with Crippen molar-refractivity contribution in [1.29, 1.82) is 0 Å². The largest absolute Gasteiger partial charge is 0.472 e. The topological polar surface area (TPSA) is 276 Å². The number of ether oxygens (including phenoxy) is 2. The Morgan fingerprint density at radius 3 is 1.53 bits per heavy atom. The second-order valence-corrected chi connectivity index (χ2v) is 19.6. The lowest BCUT2D eigenvalue weighted by atomic mass is 9.85. The molecule has 0 bridgehead atoms. The quantitative estimate of drug-likeness (QED) is 0.00933. The van der Waals surface area contributed by atoms with Gasteiger partial charge >= 0.3 is 27.6 Å². The molecule has 9 atom stereocenters. The smallest absolute Gasteiger partial charge is 0.462 e. The maximum absolute atomic E-state index is 13.0. The highest BCUT2D eigenvalue weighted by Crippen LogP contribution is 2.49. The fourth-order valence-corrected chi connectivity index (χ4v) is 8.24. The lowest BCUT2D eigenvalue weighted by molar-refractivity contribution is -0.216. The summed E-state index contributed by atoms with van der Waals surface area (Å²) in [5.74, 6) is -1.54. The summed E-state index contributed by atoms with van der Waals surface area (Å²) in [5, 5.41) is 51.7. The fourth-order valence-electron chi connectivity index (χ4n) is 6.71. The van der Waals surface area contributed by atoms with Crippen LogP contribution >= 0.6 is 15.6 Å². The normalized spacial score (nSPS) is 22.2. The van der Waals surface area contributed by atoms with Crippen LogP contribution in [-0.4, -0.2) is 114 Å². The van der Waals surface area contributed by atoms with Crippen LogP contribution in [0.15, 0.2) is 122 Å². The lowest BCUT2D eigenvalue weighted by Crippen LogP contribution is -2.64. The third kappa shape index (κ3) is 35.5. The number of aliphatic hydroxyl groups is 5. The zero-order valence-electron chi connectivity index (χ0n) is 42.2. The van der Waals surface area contributed by atoms with Crippen molar-refractivity contribution < 1.29 is 82.0 Å². The molecule has 72 heavy (non-hydrogen) atoms. The Bertz CT molecular complexity index is 1860. The highest BCUT2D eigenvalue weighted by molar-refractivity contribution is 7.47. The van der Waals surface area contributed by atoms with E-state index in [1.54, 1.807) is 12.2 Å². The summed E-state index contributed by atoms with van der Waals surface area (Å²) in [7, 11) is -10.8. The number of rotatable bonds is 40. The van der Waals surface area contributed by atoms with E-state index in [0.717, 1.165) is 64.2 Å². The molecule has 0 amide bonds. The Morgan fingerprint density at radius 1 is 0.528 bits per heavy atom. The van der Waals surface area contributed by atoms with Crippen LogP contribution < -0.4 is 0 Å². The Kier molecular flexibility index (Phi) is 38.4. The van der Waals surface area contributed by atoms with Crippen molar-refractivity contribution >= 4 is 27.6 Å². The minimum atomic E-state index is -5.40. The summed E-state index contributed by atoms with van der Waals surface area (Å²) in [6.45, 7) is 2.73. The second-order valence-electron chi connectivity index (χ2n) is 17.0. The first-order chi connectivity index (χ1) is 34.5. The number of esters is 2. The number of carbonyl (C=O) groups excluding carboxylic acids is 2. The molecule has 1 rings (SSSR count). The number of phosphoric ester groups is 2. The molecule has 0 saturated heterocycles. The van der Waals surface area contributed by atoms with E-state index in [4.69, 9.17) is 18.5 Å². The molecular formula is C53H84O17P2. The van der Waals surface area contributed by atoms with Gasteiger partial charge in [0.15, 0.2) is 6.10 Å². The zero-order valence-corrected chi connectivity index (χ0v) is 44.0. The third-order valence-corrected chi connectivity index (χ3v) is 12.1. The molecule has 408 valence electrons. The van der Waals surface area contributed by atoms with Crippen LogP contribution in [0.5, 0.6) is 0 Å². The van der Waals surface area contributed by atoms with Crippen molar-refractivity contribution in [2.24, 2.45) is 0 Å². The summed E-state index contributed by atoms with van der Waals surface area (Å²) in [5.41, 5.74) is 0. The average Bonchev–Trinajstić information content (AvgIpc) is 3.34. The average molecular weight is 1060 g/mol. The van der Waals surface area contributed by atoms with Gasteiger partial charge in [0.05, 0.1) is 12.7 Å². The van der Waals surface area contributed by atoms with Gasteiger partial charge in [0.2, 0.25) is 0 Å². The summed E-state index contributed by atoms with van der Waals surface area (Å²) in [4.78, 5) is 54.4. The molecule has 1 aliphatic carbocycles. The van der Waals surface area contributed by atoms with Gasteiger partial charge in [-0.2, -0.15) is 0 Å². The standard InChI is InChI=1S/C53H84O17P2/c1-3-5-7-9-11-13-15-17-19-21-22-23-25-27-29-31-33-35-37-39-47(56)68-45(43-67-72(64,65)70-53-50(59)48(57)49(58)52(51(53)60)69-71(61,62)63)42-66-46(55)41-40-44(54)38-36-34-32-30-28-26-24-20-18-16-14-12-10-8-6-4-2/h6,8,11-14,17-20,22-23,26-29,32,34,36,38,44-45,48-54,57-60H,3-5,7,9-10,15-16,21,24-25,30-31,33,35,37,39-43H2,1-2H3,(H,64,65)(H2,61,62,63)/b8-6-,13-11-,14-12-,19-17-,20-18-,23-22-,28-26-,29-27-,34-32-,38-36-/t44?,45-,48?,49?,50?,51?,52-,53+/m1/s1. The van der Waals surface area contributed by atoms with Gasteiger partial charge in [0.1, 0.15) is 43.2 Å². The van der Waals surface area contributed by atoms with Crippen molar-refractivity contribution in [1.82, 2.24) is 0 Å². The molecule has 1 fully saturated rings. The van der Waals surface area contributed by atoms with Gasteiger partial charge in [-0.1, -0.05) is 155 Å². The van der Waals surface area contributed by atoms with Crippen LogP contribution in [0, 0.1) is 0 Å². The minimum absolute atomic E-state index is 0.0128. The molecule has 0 radical (unpaired) electrons. The van der Waals surface area contributed by atoms with Crippen LogP contribution in [-0.2, 0) is 41.8 Å². The van der Waals surface area contributed by atoms with Crippen molar-refractivity contribution in [3.63, 3.8) is 0 Å². The summed E-state index contributed by atoms with van der Waals surface area (Å²) < 4.78 is 49.2. The number of phosphoric acid groups is 2. The SMILES string of the molecule is CC/C=C\C/C=C\C/C=C\C/C=C\C/C=C\C=C/C(O)CCC(=O)OC[C@H](COP(=O)(O)O[C@H]1C(O)C(O)C(O)[C@@H](OP(=O)(O)O)C1O)OC(=O)CCCCC/C=C\C/C=C\C/C=C\C/C=C\CCCCC. The van der Waals surface area contributed by atoms with Gasteiger partial charge in [-0.3, -0.25) is 23.2 Å². The Labute approximate surface area is 427 Å². The van der Waals surface area contributed by atoms with Gasteiger partial charge in [-0.25, -0.2) is 9.13 Å². The highest BCUT2D eigenvalue weighted by Gasteiger charge is 2.54. The van der Waals surface area contributed by atoms with Crippen LogP contribution in [0.3, 0.4) is 0 Å². The van der Waals surface area contributed by atoms with E-state index >= 15 is 0 Å². The van der Waals surface area contributed by atoms with Gasteiger partial charge in [-0.15, -0.1) is 0 Å². The molecule has 1 aliphatic rings. The van der Waals surface area contributed by atoms with Crippen molar-refractivity contribution in [2.45, 2.75) is 185 Å². The van der Waals surface area contributed by atoms with Crippen LogP contribution in [0.4, 0.5) is 0 Å². The summed E-state index contributed by atoms with van der Waals surface area (Å²) in [6, 6.07) is 0. The molecule has 0 aromatic heterocycles. The molecule has 19 heteroatoms. The number of allylic oxidation sites excluding steroid dienone is 19. The monoisotopic (exact) mass is 1050 g/mol. The summed E-state index contributed by atoms with van der Waals surface area (Å²) in [6.07, 6.45) is 38.9. The molecule has 0 aromatic rings. The van der Waals surface area contributed by atoms with E-state index in [1.807, 2.05) is 12.2 Å². The van der Waals surface area contributed by atoms with Crippen molar-refractivity contribution in [3.05, 3.63) is 122 Å². The Hall–Kier alpha value is -3.64. The van der Waals surface area contributed by atoms with E-state index in [9.17, 15) is 58.9 Å². The molecular weight excluding hydrogens is 971 g/mol. The second kappa shape index (κ2) is 41.7. The molecule has 6 unspecified atom stereocenters. The molecule has 0 heterocycles. The number of hydrogen-bond donors (Lipinski definition) is 8. The van der Waals surface area contributed by atoms with E-state index < -0.39 is 89.6 Å². The van der Waals surface area contributed by atoms with Gasteiger partial charge in [-0.05, 0) is 89.9 Å². The predicted molar refractivity (Wildman–Crippen MR) is 279 cm³/mol. The van der Waals surface area contributed by atoms with E-state index in [2.05, 4.69) is 110 Å². The number of unbranched alkanes of at least 4 members (excludes halogenated alkanes) is 6. The van der Waals surface area contributed by atoms with E-state index in [1.165, 1.54) is 25.3 Å². The highest BCUT2D eigenvalue weighted by atomic mass is 31.2. The maximum Gasteiger partial charge on any atom is 0.472 e. The number of aliphatic hydroxyl groups excluding tert-OH is 5. The zero-order chi connectivity index (χ0) is 53.3. The van der Waals surface area contributed by atoms with Crippen LogP contribution in [0.2, 0.25) is 0 Å². The van der Waals surface area contributed by atoms with E-state index in [-0.39, 0.29) is 19.3 Å². The minimum Gasteiger partial charge on any atom is -0.462 e. The Balaban J connectivity index is 2.70. The molecule has 0 aliphatic heterocycles.